The van der Waals surface area contributed by atoms with Gasteiger partial charge in [0, 0.05) is 13.1 Å². The molecule has 0 atom stereocenters. The lowest BCUT2D eigenvalue weighted by molar-refractivity contribution is -0.157. The summed E-state index contributed by atoms with van der Waals surface area (Å²) >= 11 is 0. The molecule has 1 aliphatic carbocycles. The Balaban J connectivity index is 1.85. The van der Waals surface area contributed by atoms with Crippen molar-refractivity contribution < 1.29 is 14.4 Å². The van der Waals surface area contributed by atoms with Gasteiger partial charge < -0.3 is 0 Å². The highest BCUT2D eigenvalue weighted by Gasteiger charge is 2.63. The zero-order valence-electron chi connectivity index (χ0n) is 9.57. The van der Waals surface area contributed by atoms with E-state index in [2.05, 4.69) is 5.32 Å². The van der Waals surface area contributed by atoms with E-state index in [0.717, 1.165) is 24.3 Å². The molecular weight excluding hydrogens is 222 g/mol. The van der Waals surface area contributed by atoms with Crippen molar-refractivity contribution in [1.82, 2.24) is 15.3 Å². The van der Waals surface area contributed by atoms with Crippen molar-refractivity contribution in [3.8, 4) is 0 Å². The number of hydrogen-bond donors (Lipinski definition) is 1. The van der Waals surface area contributed by atoms with Crippen LogP contribution in [0.5, 0.6) is 0 Å². The van der Waals surface area contributed by atoms with E-state index in [4.69, 9.17) is 0 Å². The van der Waals surface area contributed by atoms with E-state index in [1.165, 1.54) is 0 Å². The first-order valence-electron chi connectivity index (χ1n) is 6.10. The zero-order valence-corrected chi connectivity index (χ0v) is 9.57. The van der Waals surface area contributed by atoms with Gasteiger partial charge in [-0.2, -0.15) is 5.01 Å². The Hall–Kier alpha value is -1.43. The molecular formula is C11H15N3O3. The summed E-state index contributed by atoms with van der Waals surface area (Å²) in [5, 5.41) is 5.23. The van der Waals surface area contributed by atoms with Gasteiger partial charge in [0.05, 0.1) is 0 Å². The molecule has 1 spiro atoms. The maximum atomic E-state index is 12.2. The van der Waals surface area contributed by atoms with E-state index in [1.54, 1.807) is 5.01 Å². The van der Waals surface area contributed by atoms with Gasteiger partial charge >= 0.3 is 6.03 Å². The van der Waals surface area contributed by atoms with Crippen molar-refractivity contribution in [2.24, 2.45) is 5.41 Å². The number of carbonyl (C=O) groups excluding carboxylic acids is 3. The van der Waals surface area contributed by atoms with Crippen LogP contribution in [-0.4, -0.2) is 41.0 Å². The van der Waals surface area contributed by atoms with Gasteiger partial charge in [-0.3, -0.25) is 14.9 Å². The number of carbonyl (C=O) groups is 3. The van der Waals surface area contributed by atoms with E-state index >= 15 is 0 Å². The summed E-state index contributed by atoms with van der Waals surface area (Å²) in [5.41, 5.74) is -0.925. The molecule has 6 heteroatoms. The summed E-state index contributed by atoms with van der Waals surface area (Å²) in [6.07, 6.45) is 4.23. The number of hydrazine groups is 1. The molecule has 17 heavy (non-hydrogen) atoms. The number of barbiturate groups is 1. The second-order valence-corrected chi connectivity index (χ2v) is 4.97. The third-order valence-corrected chi connectivity index (χ3v) is 3.81. The molecule has 0 aromatic carbocycles. The van der Waals surface area contributed by atoms with E-state index in [9.17, 15) is 14.4 Å². The minimum Gasteiger partial charge on any atom is -0.275 e. The predicted octanol–water partition coefficient (Wildman–Crippen LogP) is 0.246. The van der Waals surface area contributed by atoms with Crippen LogP contribution in [0.25, 0.3) is 0 Å². The monoisotopic (exact) mass is 237 g/mol. The van der Waals surface area contributed by atoms with E-state index < -0.39 is 17.4 Å². The normalized spacial score (nSPS) is 28.5. The molecule has 4 amide bonds. The number of nitrogens with zero attached hydrogens (tertiary/aromatic N) is 2. The highest BCUT2D eigenvalue weighted by atomic mass is 16.2. The van der Waals surface area contributed by atoms with Crippen LogP contribution in [-0.2, 0) is 9.59 Å². The number of rotatable bonds is 1. The average molecular weight is 237 g/mol. The molecule has 3 fully saturated rings. The lowest BCUT2D eigenvalue weighted by atomic mass is 10.0. The zero-order chi connectivity index (χ0) is 12.0. The van der Waals surface area contributed by atoms with Gasteiger partial charge in [0.2, 0.25) is 5.91 Å². The average Bonchev–Trinajstić information content (AvgIpc) is 3.10. The van der Waals surface area contributed by atoms with E-state index in [1.807, 2.05) is 0 Å². The van der Waals surface area contributed by atoms with Crippen LogP contribution in [0.15, 0.2) is 0 Å². The van der Waals surface area contributed by atoms with E-state index in [0.29, 0.717) is 25.9 Å². The van der Waals surface area contributed by atoms with Gasteiger partial charge in [0.25, 0.3) is 5.91 Å². The minimum absolute atomic E-state index is 0.326. The van der Waals surface area contributed by atoms with Crippen molar-refractivity contribution in [1.29, 1.82) is 0 Å². The first-order valence-corrected chi connectivity index (χ1v) is 6.10. The fourth-order valence-electron chi connectivity index (χ4n) is 2.56. The molecule has 2 aliphatic heterocycles. The molecule has 0 aromatic rings. The Bertz CT molecular complexity index is 397. The van der Waals surface area contributed by atoms with Crippen molar-refractivity contribution in [2.45, 2.75) is 32.1 Å². The second kappa shape index (κ2) is 3.53. The van der Waals surface area contributed by atoms with Crippen LogP contribution in [0.3, 0.4) is 0 Å². The molecule has 92 valence electrons. The summed E-state index contributed by atoms with van der Waals surface area (Å²) in [7, 11) is 0. The summed E-state index contributed by atoms with van der Waals surface area (Å²) in [4.78, 5) is 35.6. The fraction of sp³-hybridized carbons (Fsp3) is 0.727. The van der Waals surface area contributed by atoms with Gasteiger partial charge in [-0.1, -0.05) is 6.42 Å². The van der Waals surface area contributed by atoms with Crippen LogP contribution in [0.2, 0.25) is 0 Å². The highest BCUT2D eigenvalue weighted by molar-refractivity contribution is 6.20. The summed E-state index contributed by atoms with van der Waals surface area (Å²) in [6.45, 7) is 1.42. The predicted molar refractivity (Wildman–Crippen MR) is 57.5 cm³/mol. The van der Waals surface area contributed by atoms with Gasteiger partial charge in [-0.15, -0.1) is 0 Å². The maximum absolute atomic E-state index is 12.2. The van der Waals surface area contributed by atoms with E-state index in [-0.39, 0.29) is 5.91 Å². The van der Waals surface area contributed by atoms with Crippen LogP contribution >= 0.6 is 0 Å². The highest BCUT2D eigenvalue weighted by Crippen LogP contribution is 2.49. The summed E-state index contributed by atoms with van der Waals surface area (Å²) in [6, 6.07) is -0.584. The molecule has 0 aromatic heterocycles. The van der Waals surface area contributed by atoms with Crippen molar-refractivity contribution in [3.05, 3.63) is 0 Å². The van der Waals surface area contributed by atoms with Crippen LogP contribution in [0.1, 0.15) is 32.1 Å². The number of imide groups is 2. The SMILES string of the molecule is O=C1NC(=O)C2(CC2)C(=O)N1N1CCCCC1. The van der Waals surface area contributed by atoms with Gasteiger partial charge in [-0.05, 0) is 25.7 Å². The number of nitrogens with one attached hydrogen (secondary N) is 1. The number of urea groups is 1. The van der Waals surface area contributed by atoms with Gasteiger partial charge in [-0.25, -0.2) is 9.80 Å². The second-order valence-electron chi connectivity index (χ2n) is 4.97. The summed E-state index contributed by atoms with van der Waals surface area (Å²) in [5.74, 6) is -0.742. The molecule has 3 rings (SSSR count). The molecule has 0 radical (unpaired) electrons. The molecule has 6 nitrogen and oxygen atoms in total. The Morgan fingerprint density at radius 2 is 1.65 bits per heavy atom. The Labute approximate surface area is 98.9 Å². The van der Waals surface area contributed by atoms with Crippen molar-refractivity contribution >= 4 is 17.8 Å². The number of hydrogen-bond acceptors (Lipinski definition) is 4. The first kappa shape index (κ1) is 10.7. The quantitative estimate of drug-likeness (QED) is 0.663. The molecule has 2 saturated heterocycles. The van der Waals surface area contributed by atoms with Crippen LogP contribution < -0.4 is 5.32 Å². The fourth-order valence-corrected chi connectivity index (χ4v) is 2.56. The molecule has 0 unspecified atom stereocenters. The van der Waals surface area contributed by atoms with Crippen LogP contribution in [0, 0.1) is 5.41 Å². The molecule has 1 N–H and O–H groups in total. The molecule has 1 saturated carbocycles. The molecule has 0 bridgehead atoms. The summed E-state index contributed by atoms with van der Waals surface area (Å²) < 4.78 is 0. The smallest absolute Gasteiger partial charge is 0.275 e. The van der Waals surface area contributed by atoms with Gasteiger partial charge in [0.15, 0.2) is 0 Å². The first-order chi connectivity index (χ1) is 8.15. The third-order valence-electron chi connectivity index (χ3n) is 3.81. The number of amides is 4. The Morgan fingerprint density at radius 1 is 1.00 bits per heavy atom. The lowest BCUT2D eigenvalue weighted by Crippen LogP contribution is -2.65. The topological polar surface area (TPSA) is 69.7 Å². The van der Waals surface area contributed by atoms with Crippen molar-refractivity contribution in [2.75, 3.05) is 13.1 Å². The standard InChI is InChI=1S/C11H15N3O3/c15-8-11(4-5-11)9(16)14(10(17)12-8)13-6-2-1-3-7-13/h1-7H2,(H,12,15,17). The number of piperidine rings is 1. The maximum Gasteiger partial charge on any atom is 0.345 e. The molecule has 3 aliphatic rings. The molecule has 2 heterocycles. The van der Waals surface area contributed by atoms with Crippen molar-refractivity contribution in [3.63, 3.8) is 0 Å². The third kappa shape index (κ3) is 1.47. The lowest BCUT2D eigenvalue weighted by Gasteiger charge is -2.39. The van der Waals surface area contributed by atoms with Crippen LogP contribution in [0.4, 0.5) is 4.79 Å². The Morgan fingerprint density at radius 3 is 2.24 bits per heavy atom. The largest absolute Gasteiger partial charge is 0.345 e. The van der Waals surface area contributed by atoms with Gasteiger partial charge in [0.1, 0.15) is 5.41 Å². The Kier molecular flexibility index (Phi) is 2.22. The minimum atomic E-state index is -0.925.